The van der Waals surface area contributed by atoms with Crippen LogP contribution in [0.4, 0.5) is 10.5 Å². The molecule has 1 aromatic carbocycles. The predicted molar refractivity (Wildman–Crippen MR) is 81.2 cm³/mol. The number of carbonyl (C=O) groups is 2. The van der Waals surface area contributed by atoms with Gasteiger partial charge < -0.3 is 19.7 Å². The molecule has 1 atom stereocenters. The summed E-state index contributed by atoms with van der Waals surface area (Å²) in [6, 6.07) is 5.68. The van der Waals surface area contributed by atoms with Crippen LogP contribution in [0.3, 0.4) is 0 Å². The number of carbonyl (C=O) groups excluding carboxylic acids is 2. The molecule has 1 aromatic rings. The van der Waals surface area contributed by atoms with Crippen LogP contribution in [0.2, 0.25) is 0 Å². The predicted octanol–water partition coefficient (Wildman–Crippen LogP) is 1.38. The first kappa shape index (κ1) is 16.3. The van der Waals surface area contributed by atoms with Crippen molar-refractivity contribution in [3.63, 3.8) is 0 Å². The number of amides is 1. The summed E-state index contributed by atoms with van der Waals surface area (Å²) in [5.74, 6) is 0.702. The van der Waals surface area contributed by atoms with Crippen molar-refractivity contribution in [1.82, 2.24) is 4.90 Å². The summed E-state index contributed by atoms with van der Waals surface area (Å²) in [6.45, 7) is 3.40. The maximum absolute atomic E-state index is 11.8. The zero-order valence-electron chi connectivity index (χ0n) is 13.3. The number of hydrogen-bond acceptors (Lipinski definition) is 4. The summed E-state index contributed by atoms with van der Waals surface area (Å²) >= 11 is 0. The van der Waals surface area contributed by atoms with Crippen molar-refractivity contribution in [2.24, 2.45) is 0 Å². The quantitative estimate of drug-likeness (QED) is 0.659. The largest absolute Gasteiger partial charge is 0.469 e. The summed E-state index contributed by atoms with van der Waals surface area (Å²) in [4.78, 5) is 24.5. The molecule has 0 aromatic heterocycles. The smallest absolute Gasteiger partial charge is 0.414 e. The molecule has 2 N–H and O–H groups in total. The van der Waals surface area contributed by atoms with E-state index < -0.39 is 0 Å². The molecule has 0 saturated heterocycles. The van der Waals surface area contributed by atoms with Crippen LogP contribution in [0.1, 0.15) is 31.2 Å². The normalized spacial score (nSPS) is 16.0. The first-order valence-electron chi connectivity index (χ1n) is 7.52. The van der Waals surface area contributed by atoms with E-state index in [1.807, 2.05) is 25.1 Å². The number of fused-ring (bicyclic) bond motifs is 1. The second-order valence-corrected chi connectivity index (χ2v) is 5.42. The van der Waals surface area contributed by atoms with Crippen molar-refractivity contribution < 1.29 is 24.4 Å². The summed E-state index contributed by atoms with van der Waals surface area (Å²) in [6.07, 6.45) is 0.836. The second-order valence-electron chi connectivity index (χ2n) is 5.42. The highest BCUT2D eigenvalue weighted by molar-refractivity contribution is 5.71. The van der Waals surface area contributed by atoms with Gasteiger partial charge in [0.1, 0.15) is 11.4 Å². The van der Waals surface area contributed by atoms with E-state index in [9.17, 15) is 9.59 Å². The number of rotatable bonds is 5. The van der Waals surface area contributed by atoms with Crippen LogP contribution in [0.5, 0.6) is 5.75 Å². The van der Waals surface area contributed by atoms with Gasteiger partial charge in [-0.3, -0.25) is 4.79 Å². The van der Waals surface area contributed by atoms with Gasteiger partial charge in [-0.05, 0) is 25.5 Å². The number of methoxy groups -OCH3 is 1. The van der Waals surface area contributed by atoms with Crippen LogP contribution in [0.25, 0.3) is 0 Å². The van der Waals surface area contributed by atoms with E-state index in [0.717, 1.165) is 18.7 Å². The maximum Gasteiger partial charge on any atom is 0.414 e. The van der Waals surface area contributed by atoms with Gasteiger partial charge in [0.2, 0.25) is 0 Å². The van der Waals surface area contributed by atoms with Gasteiger partial charge in [0, 0.05) is 37.6 Å². The van der Waals surface area contributed by atoms with E-state index in [1.54, 1.807) is 7.05 Å². The van der Waals surface area contributed by atoms with Crippen molar-refractivity contribution >= 4 is 17.7 Å². The Morgan fingerprint density at radius 1 is 1.41 bits per heavy atom. The molecule has 1 unspecified atom stereocenters. The number of nitrogens with two attached hydrogens (primary N) is 1. The number of quaternary nitrogens is 1. The van der Waals surface area contributed by atoms with Crippen molar-refractivity contribution in [2.75, 3.05) is 27.2 Å². The van der Waals surface area contributed by atoms with Gasteiger partial charge in [0.25, 0.3) is 0 Å². The van der Waals surface area contributed by atoms with E-state index in [2.05, 4.69) is 10.1 Å². The molecule has 0 saturated carbocycles. The van der Waals surface area contributed by atoms with Crippen molar-refractivity contribution in [1.29, 1.82) is 0 Å². The Balaban J connectivity index is 2.01. The highest BCUT2D eigenvalue weighted by Crippen LogP contribution is 2.31. The molecule has 0 aliphatic carbocycles. The van der Waals surface area contributed by atoms with Crippen LogP contribution < -0.4 is 10.1 Å². The van der Waals surface area contributed by atoms with E-state index in [-0.39, 0.29) is 12.1 Å². The maximum atomic E-state index is 11.8. The average molecular weight is 307 g/mol. The second kappa shape index (κ2) is 7.26. The Morgan fingerprint density at radius 2 is 2.18 bits per heavy atom. The van der Waals surface area contributed by atoms with Crippen molar-refractivity contribution in [3.8, 4) is 5.75 Å². The molecular formula is C16H23N2O4+. The third-order valence-corrected chi connectivity index (χ3v) is 4.04. The minimum Gasteiger partial charge on any atom is -0.469 e. The molecule has 0 spiro atoms. The Labute approximate surface area is 130 Å². The first-order valence-corrected chi connectivity index (χ1v) is 7.52. The Bertz CT molecular complexity index is 559. The number of esters is 1. The lowest BCUT2D eigenvalue weighted by molar-refractivity contribution is -0.564. The molecule has 6 heteroatoms. The minimum atomic E-state index is -0.359. The van der Waals surface area contributed by atoms with E-state index in [0.29, 0.717) is 24.6 Å². The van der Waals surface area contributed by atoms with E-state index >= 15 is 0 Å². The minimum absolute atomic E-state index is 0.179. The fourth-order valence-corrected chi connectivity index (χ4v) is 2.54. The topological polar surface area (TPSA) is 72.5 Å². The van der Waals surface area contributed by atoms with Gasteiger partial charge in [-0.25, -0.2) is 4.79 Å². The zero-order chi connectivity index (χ0) is 16.1. The lowest BCUT2D eigenvalue weighted by Crippen LogP contribution is -2.76. The third kappa shape index (κ3) is 3.76. The first-order chi connectivity index (χ1) is 10.5. The average Bonchev–Trinajstić information content (AvgIpc) is 2.93. The van der Waals surface area contributed by atoms with E-state index in [4.69, 9.17) is 4.74 Å². The number of benzene rings is 1. The summed E-state index contributed by atoms with van der Waals surface area (Å²) in [7, 11) is 3.11. The molecule has 120 valence electrons. The van der Waals surface area contributed by atoms with Crippen LogP contribution >= 0.6 is 0 Å². The molecule has 1 aliphatic heterocycles. The fraction of sp³-hybridized carbons (Fsp3) is 0.500. The van der Waals surface area contributed by atoms with E-state index in [1.165, 1.54) is 17.6 Å². The monoisotopic (exact) mass is 307 g/mol. The van der Waals surface area contributed by atoms with Gasteiger partial charge in [-0.15, -0.1) is 0 Å². The molecule has 1 aliphatic rings. The molecule has 0 radical (unpaired) electrons. The third-order valence-electron chi connectivity index (χ3n) is 4.04. The fourth-order valence-electron chi connectivity index (χ4n) is 2.54. The molecule has 1 heterocycles. The number of nitrogens with zero attached hydrogens (tertiary/aromatic N) is 1. The van der Waals surface area contributed by atoms with Crippen molar-refractivity contribution in [2.45, 2.75) is 25.7 Å². The Kier molecular flexibility index (Phi) is 5.38. The highest BCUT2D eigenvalue weighted by atomic mass is 16.6. The Morgan fingerprint density at radius 3 is 2.86 bits per heavy atom. The molecule has 22 heavy (non-hydrogen) atoms. The number of hydrogen-bond donors (Lipinski definition) is 1. The van der Waals surface area contributed by atoms with Crippen LogP contribution in [0, 0.1) is 0 Å². The van der Waals surface area contributed by atoms with Crippen LogP contribution in [0.15, 0.2) is 18.2 Å². The van der Waals surface area contributed by atoms with Crippen molar-refractivity contribution in [3.05, 3.63) is 23.8 Å². The van der Waals surface area contributed by atoms with Crippen LogP contribution in [-0.2, 0) is 9.53 Å². The van der Waals surface area contributed by atoms with Gasteiger partial charge in [-0.2, -0.15) is 0 Å². The van der Waals surface area contributed by atoms with Gasteiger partial charge in [0.15, 0.2) is 0 Å². The standard InChI is InChI=1S/C16H22N2O4/c1-4-18(2)16(20)22-12-6-7-13-11(5-8-15(19)21-3)10-17-14(13)9-12/h6-7,9,11,17H,4-5,8,10H2,1-3H3/p+1. The highest BCUT2D eigenvalue weighted by Gasteiger charge is 2.27. The SMILES string of the molecule is CCN(C)C(=O)Oc1ccc2c(c1)[NH2+]CC2CCC(=O)OC. The zero-order valence-corrected chi connectivity index (χ0v) is 13.3. The van der Waals surface area contributed by atoms with Gasteiger partial charge in [-0.1, -0.05) is 0 Å². The summed E-state index contributed by atoms with van der Waals surface area (Å²) in [5, 5.41) is 2.12. The summed E-state index contributed by atoms with van der Waals surface area (Å²) in [5.41, 5.74) is 2.28. The van der Waals surface area contributed by atoms with Gasteiger partial charge >= 0.3 is 12.1 Å². The summed E-state index contributed by atoms with van der Waals surface area (Å²) < 4.78 is 10.0. The molecule has 0 bridgehead atoms. The van der Waals surface area contributed by atoms with Crippen LogP contribution in [-0.4, -0.2) is 44.2 Å². The lowest BCUT2D eigenvalue weighted by atomic mass is 9.96. The molecule has 6 nitrogen and oxygen atoms in total. The molecule has 1 amide bonds. The number of ether oxygens (including phenoxy) is 2. The molecule has 2 rings (SSSR count). The van der Waals surface area contributed by atoms with Gasteiger partial charge in [0.05, 0.1) is 13.7 Å². The molecular weight excluding hydrogens is 284 g/mol. The Hall–Kier alpha value is -2.08. The molecule has 0 fully saturated rings. The lowest BCUT2D eigenvalue weighted by Gasteiger charge is -2.14.